The molecule has 2 aromatic carbocycles. The van der Waals surface area contributed by atoms with E-state index in [-0.39, 0.29) is 42.3 Å². The number of para-hydroxylation sites is 1. The summed E-state index contributed by atoms with van der Waals surface area (Å²) in [5.41, 5.74) is 2.67. The number of benzene rings is 2. The average Bonchev–Trinajstić information content (AvgIpc) is 3.62. The molecule has 9 nitrogen and oxygen atoms in total. The largest absolute Gasteiger partial charge is 0.496 e. The topological polar surface area (TPSA) is 106 Å². The second-order valence-corrected chi connectivity index (χ2v) is 9.95. The lowest BCUT2D eigenvalue weighted by Crippen LogP contribution is -2.64. The van der Waals surface area contributed by atoms with E-state index in [1.54, 1.807) is 23.5 Å². The number of nitrogens with one attached hydrogen (secondary N) is 2. The van der Waals surface area contributed by atoms with Crippen molar-refractivity contribution in [3.8, 4) is 5.75 Å². The highest BCUT2D eigenvalue weighted by atomic mass is 16.5. The van der Waals surface area contributed by atoms with Crippen molar-refractivity contribution >= 4 is 23.4 Å². The lowest BCUT2D eigenvalue weighted by molar-refractivity contribution is -0.133. The fourth-order valence-electron chi connectivity index (χ4n) is 5.00. The molecule has 2 aliphatic rings. The second kappa shape index (κ2) is 9.38. The number of aryl methyl sites for hydroxylation is 1. The number of aromatic nitrogens is 2. The Morgan fingerprint density at radius 1 is 1.14 bits per heavy atom. The molecular formula is C28H31N5O4. The van der Waals surface area contributed by atoms with E-state index in [4.69, 9.17) is 4.74 Å². The van der Waals surface area contributed by atoms with Crippen LogP contribution in [0.25, 0.3) is 0 Å². The van der Waals surface area contributed by atoms with Gasteiger partial charge in [0.25, 0.3) is 11.8 Å². The van der Waals surface area contributed by atoms with E-state index in [1.165, 1.54) is 6.33 Å². The molecule has 1 aromatic heterocycles. The number of hydrogen-bond acceptors (Lipinski definition) is 5. The molecule has 0 bridgehead atoms. The summed E-state index contributed by atoms with van der Waals surface area (Å²) in [5.74, 6) is -0.384. The number of fused-ring (bicyclic) bond motifs is 1. The van der Waals surface area contributed by atoms with Crippen LogP contribution in [0.4, 0.5) is 5.69 Å². The Morgan fingerprint density at radius 2 is 1.89 bits per heavy atom. The van der Waals surface area contributed by atoms with Gasteiger partial charge in [0, 0.05) is 23.8 Å². The van der Waals surface area contributed by atoms with Gasteiger partial charge >= 0.3 is 0 Å². The number of ether oxygens (including phenoxy) is 1. The number of carbonyl (C=O) groups is 3. The molecule has 9 heteroatoms. The number of rotatable bonds is 7. The van der Waals surface area contributed by atoms with Gasteiger partial charge in [-0.15, -0.1) is 0 Å². The number of carbonyl (C=O) groups excluding carboxylic acids is 3. The predicted molar refractivity (Wildman–Crippen MR) is 139 cm³/mol. The molecule has 2 N–H and O–H groups in total. The summed E-state index contributed by atoms with van der Waals surface area (Å²) in [6.07, 6.45) is 3.11. The van der Waals surface area contributed by atoms with Crippen molar-refractivity contribution < 1.29 is 19.1 Å². The van der Waals surface area contributed by atoms with Crippen LogP contribution in [0.1, 0.15) is 57.4 Å². The Kier molecular flexibility index (Phi) is 6.23. The summed E-state index contributed by atoms with van der Waals surface area (Å²) in [7, 11) is 1.59. The lowest BCUT2D eigenvalue weighted by atomic mass is 9.93. The van der Waals surface area contributed by atoms with Crippen molar-refractivity contribution in [3.05, 3.63) is 76.9 Å². The highest BCUT2D eigenvalue weighted by molar-refractivity contribution is 6.12. The number of imidazole rings is 1. The van der Waals surface area contributed by atoms with Crippen LogP contribution in [-0.2, 0) is 17.9 Å². The third-order valence-corrected chi connectivity index (χ3v) is 7.37. The normalized spacial score (nSPS) is 18.8. The van der Waals surface area contributed by atoms with Crippen LogP contribution in [0.2, 0.25) is 0 Å². The van der Waals surface area contributed by atoms with Crippen molar-refractivity contribution in [3.63, 3.8) is 0 Å². The minimum Gasteiger partial charge on any atom is -0.496 e. The highest BCUT2D eigenvalue weighted by Gasteiger charge is 2.53. The zero-order valence-corrected chi connectivity index (χ0v) is 21.5. The first-order chi connectivity index (χ1) is 17.7. The molecule has 37 heavy (non-hydrogen) atoms. The van der Waals surface area contributed by atoms with Gasteiger partial charge in [0.2, 0.25) is 5.91 Å². The molecular weight excluding hydrogens is 470 g/mol. The standard InChI is InChI=1S/C28H31N5O4/c1-17-8-7-10-21(18(17)2)31-25(34)23-24-26(35)33(20-12-13-20)28(3,15-32(24)16-30-23)27(36)29-14-19-9-5-6-11-22(19)37-4/h5-11,16,20H,12-15H2,1-4H3,(H,29,36)(H,31,34). The first kappa shape index (κ1) is 24.5. The first-order valence-electron chi connectivity index (χ1n) is 12.4. The Hall–Kier alpha value is -4.14. The third-order valence-electron chi connectivity index (χ3n) is 7.37. The Labute approximate surface area is 215 Å². The molecule has 3 aromatic rings. The van der Waals surface area contributed by atoms with Crippen LogP contribution in [0.5, 0.6) is 5.75 Å². The molecule has 192 valence electrons. The van der Waals surface area contributed by atoms with E-state index in [0.717, 1.165) is 29.5 Å². The first-order valence-corrected chi connectivity index (χ1v) is 12.4. The zero-order valence-electron chi connectivity index (χ0n) is 21.5. The minimum atomic E-state index is -1.13. The molecule has 5 rings (SSSR count). The van der Waals surface area contributed by atoms with Crippen LogP contribution >= 0.6 is 0 Å². The van der Waals surface area contributed by atoms with Gasteiger partial charge in [0.1, 0.15) is 17.0 Å². The van der Waals surface area contributed by atoms with Gasteiger partial charge in [0.05, 0.1) is 20.0 Å². The highest BCUT2D eigenvalue weighted by Crippen LogP contribution is 2.39. The summed E-state index contributed by atoms with van der Waals surface area (Å²) in [6, 6.07) is 13.1. The number of hydrogen-bond donors (Lipinski definition) is 2. The van der Waals surface area contributed by atoms with Crippen LogP contribution in [0.3, 0.4) is 0 Å². The van der Waals surface area contributed by atoms with Gasteiger partial charge in [-0.2, -0.15) is 0 Å². The van der Waals surface area contributed by atoms with Crippen molar-refractivity contribution in [2.75, 3.05) is 12.4 Å². The van der Waals surface area contributed by atoms with Gasteiger partial charge in [-0.3, -0.25) is 14.4 Å². The van der Waals surface area contributed by atoms with E-state index in [2.05, 4.69) is 15.6 Å². The van der Waals surface area contributed by atoms with Crippen molar-refractivity contribution in [1.82, 2.24) is 19.8 Å². The van der Waals surface area contributed by atoms with Gasteiger partial charge in [-0.05, 0) is 56.9 Å². The van der Waals surface area contributed by atoms with Gasteiger partial charge in [-0.25, -0.2) is 4.98 Å². The Bertz CT molecular complexity index is 1390. The van der Waals surface area contributed by atoms with Crippen molar-refractivity contribution in [2.24, 2.45) is 0 Å². The Balaban J connectivity index is 1.41. The van der Waals surface area contributed by atoms with E-state index in [1.807, 2.05) is 56.3 Å². The summed E-state index contributed by atoms with van der Waals surface area (Å²) in [5, 5.41) is 5.90. The Morgan fingerprint density at radius 3 is 2.62 bits per heavy atom. The van der Waals surface area contributed by atoms with Gasteiger partial charge in [-0.1, -0.05) is 30.3 Å². The van der Waals surface area contributed by atoms with E-state index in [0.29, 0.717) is 11.4 Å². The molecule has 3 amide bonds. The van der Waals surface area contributed by atoms with Crippen molar-refractivity contribution in [1.29, 1.82) is 0 Å². The summed E-state index contributed by atoms with van der Waals surface area (Å²) in [6.45, 7) is 6.15. The molecule has 0 saturated heterocycles. The van der Waals surface area contributed by atoms with Crippen LogP contribution in [0, 0.1) is 13.8 Å². The maximum absolute atomic E-state index is 13.8. The molecule has 1 aliphatic heterocycles. The SMILES string of the molecule is COc1ccccc1CNC(=O)C1(C)Cn2cnc(C(=O)Nc3cccc(C)c3C)c2C(=O)N1C1CC1. The monoisotopic (exact) mass is 501 g/mol. The molecule has 0 radical (unpaired) electrons. The molecule has 1 atom stereocenters. The quantitative estimate of drug-likeness (QED) is 0.516. The summed E-state index contributed by atoms with van der Waals surface area (Å²) >= 11 is 0. The second-order valence-electron chi connectivity index (χ2n) is 9.95. The minimum absolute atomic E-state index is 0.0481. The van der Waals surface area contributed by atoms with Crippen LogP contribution < -0.4 is 15.4 Å². The van der Waals surface area contributed by atoms with Crippen LogP contribution in [0.15, 0.2) is 48.8 Å². The molecule has 1 unspecified atom stereocenters. The van der Waals surface area contributed by atoms with Gasteiger partial charge in [0.15, 0.2) is 5.69 Å². The molecule has 1 aliphatic carbocycles. The molecule has 0 spiro atoms. The molecule has 2 heterocycles. The zero-order chi connectivity index (χ0) is 26.3. The van der Waals surface area contributed by atoms with Crippen molar-refractivity contribution in [2.45, 2.75) is 58.3 Å². The summed E-state index contributed by atoms with van der Waals surface area (Å²) < 4.78 is 7.02. The average molecular weight is 502 g/mol. The predicted octanol–water partition coefficient (Wildman–Crippen LogP) is 3.45. The summed E-state index contributed by atoms with van der Waals surface area (Å²) in [4.78, 5) is 46.6. The number of methoxy groups -OCH3 is 1. The van der Waals surface area contributed by atoms with E-state index >= 15 is 0 Å². The number of amides is 3. The fraction of sp³-hybridized carbons (Fsp3) is 0.357. The fourth-order valence-corrected chi connectivity index (χ4v) is 5.00. The maximum Gasteiger partial charge on any atom is 0.276 e. The molecule has 1 saturated carbocycles. The molecule has 1 fully saturated rings. The number of nitrogens with zero attached hydrogens (tertiary/aromatic N) is 3. The van der Waals surface area contributed by atoms with Crippen LogP contribution in [-0.4, -0.2) is 50.9 Å². The third kappa shape index (κ3) is 4.34. The smallest absolute Gasteiger partial charge is 0.276 e. The van der Waals surface area contributed by atoms with E-state index in [9.17, 15) is 14.4 Å². The van der Waals surface area contributed by atoms with Gasteiger partial charge < -0.3 is 24.8 Å². The van der Waals surface area contributed by atoms with E-state index < -0.39 is 11.4 Å². The lowest BCUT2D eigenvalue weighted by Gasteiger charge is -2.44. The maximum atomic E-state index is 13.8. The number of anilines is 1.